The minimum atomic E-state index is -0.813. The van der Waals surface area contributed by atoms with E-state index in [9.17, 15) is 4.79 Å². The first-order chi connectivity index (χ1) is 8.40. The van der Waals surface area contributed by atoms with Crippen LogP contribution in [0.4, 0.5) is 0 Å². The van der Waals surface area contributed by atoms with E-state index in [-0.39, 0.29) is 12.5 Å². The van der Waals surface area contributed by atoms with Gasteiger partial charge in [0.15, 0.2) is 0 Å². The standard InChI is InChI=1S/C15H23NO2/c1-4-5-12-6-8-13(9-7-12)15(3,11(2)16)10-14(17)18/h6-9,11H,4-5,10,16H2,1-3H3,(H,17,18). The average molecular weight is 249 g/mol. The zero-order chi connectivity index (χ0) is 13.8. The van der Waals surface area contributed by atoms with Gasteiger partial charge in [-0.1, -0.05) is 44.5 Å². The smallest absolute Gasteiger partial charge is 0.304 e. The first-order valence-corrected chi connectivity index (χ1v) is 6.47. The Hall–Kier alpha value is -1.35. The zero-order valence-corrected chi connectivity index (χ0v) is 11.4. The van der Waals surface area contributed by atoms with Crippen LogP contribution in [0.3, 0.4) is 0 Å². The Labute approximate surface area is 109 Å². The normalized spacial score (nSPS) is 16.0. The van der Waals surface area contributed by atoms with E-state index in [1.807, 2.05) is 26.0 Å². The summed E-state index contributed by atoms with van der Waals surface area (Å²) in [5.41, 5.74) is 7.75. The summed E-state index contributed by atoms with van der Waals surface area (Å²) < 4.78 is 0. The van der Waals surface area contributed by atoms with E-state index in [1.165, 1.54) is 5.56 Å². The van der Waals surface area contributed by atoms with Gasteiger partial charge in [0.2, 0.25) is 0 Å². The number of carboxylic acid groups (broad SMARTS) is 1. The largest absolute Gasteiger partial charge is 0.481 e. The number of benzene rings is 1. The van der Waals surface area contributed by atoms with Crippen LogP contribution in [-0.2, 0) is 16.6 Å². The predicted octanol–water partition coefficient (Wildman–Crippen LogP) is 2.72. The molecule has 1 aromatic rings. The van der Waals surface area contributed by atoms with E-state index in [1.54, 1.807) is 0 Å². The maximum atomic E-state index is 11.0. The molecular weight excluding hydrogens is 226 g/mol. The van der Waals surface area contributed by atoms with Gasteiger partial charge in [-0.15, -0.1) is 0 Å². The van der Waals surface area contributed by atoms with E-state index in [4.69, 9.17) is 10.8 Å². The molecule has 0 heterocycles. The Kier molecular flexibility index (Phi) is 4.91. The van der Waals surface area contributed by atoms with E-state index in [0.29, 0.717) is 0 Å². The molecule has 3 nitrogen and oxygen atoms in total. The Morgan fingerprint density at radius 3 is 2.33 bits per heavy atom. The summed E-state index contributed by atoms with van der Waals surface area (Å²) in [7, 11) is 0. The fourth-order valence-corrected chi connectivity index (χ4v) is 2.18. The first-order valence-electron chi connectivity index (χ1n) is 6.47. The molecule has 0 spiro atoms. The molecule has 3 heteroatoms. The average Bonchev–Trinajstić information content (AvgIpc) is 2.29. The van der Waals surface area contributed by atoms with Crippen LogP contribution < -0.4 is 5.73 Å². The van der Waals surface area contributed by atoms with Crippen molar-refractivity contribution in [3.63, 3.8) is 0 Å². The van der Waals surface area contributed by atoms with Gasteiger partial charge in [-0.25, -0.2) is 0 Å². The summed E-state index contributed by atoms with van der Waals surface area (Å²) in [6.07, 6.45) is 2.21. The van der Waals surface area contributed by atoms with Crippen LogP contribution in [0.2, 0.25) is 0 Å². The van der Waals surface area contributed by atoms with Gasteiger partial charge in [-0.05, 0) is 24.5 Å². The maximum Gasteiger partial charge on any atom is 0.304 e. The van der Waals surface area contributed by atoms with Crippen LogP contribution in [0.5, 0.6) is 0 Å². The number of hydrogen-bond donors (Lipinski definition) is 2. The van der Waals surface area contributed by atoms with Gasteiger partial charge in [0, 0.05) is 11.5 Å². The molecular formula is C15H23NO2. The molecule has 0 aliphatic rings. The van der Waals surface area contributed by atoms with Crippen molar-refractivity contribution >= 4 is 5.97 Å². The highest BCUT2D eigenvalue weighted by molar-refractivity contribution is 5.69. The highest BCUT2D eigenvalue weighted by atomic mass is 16.4. The third kappa shape index (κ3) is 3.33. The summed E-state index contributed by atoms with van der Waals surface area (Å²) >= 11 is 0. The Bertz CT molecular complexity index is 397. The molecule has 0 aliphatic carbocycles. The number of aryl methyl sites for hydroxylation is 1. The maximum absolute atomic E-state index is 11.0. The number of hydrogen-bond acceptors (Lipinski definition) is 2. The van der Waals surface area contributed by atoms with Gasteiger partial charge >= 0.3 is 5.97 Å². The highest BCUT2D eigenvalue weighted by Crippen LogP contribution is 2.30. The van der Waals surface area contributed by atoms with Crippen molar-refractivity contribution in [2.24, 2.45) is 5.73 Å². The molecule has 0 aromatic heterocycles. The third-order valence-electron chi connectivity index (χ3n) is 3.68. The lowest BCUT2D eigenvalue weighted by Gasteiger charge is -2.32. The molecule has 0 saturated carbocycles. The fraction of sp³-hybridized carbons (Fsp3) is 0.533. The minimum absolute atomic E-state index is 0.0534. The summed E-state index contributed by atoms with van der Waals surface area (Å²) in [5.74, 6) is -0.813. The van der Waals surface area contributed by atoms with E-state index in [0.717, 1.165) is 18.4 Å². The van der Waals surface area contributed by atoms with Crippen molar-refractivity contribution in [2.75, 3.05) is 0 Å². The lowest BCUT2D eigenvalue weighted by Crippen LogP contribution is -2.42. The van der Waals surface area contributed by atoms with Crippen LogP contribution in [-0.4, -0.2) is 17.1 Å². The molecule has 1 rings (SSSR count). The number of carboxylic acids is 1. The van der Waals surface area contributed by atoms with Crippen molar-refractivity contribution in [1.82, 2.24) is 0 Å². The molecule has 2 atom stereocenters. The summed E-state index contributed by atoms with van der Waals surface area (Å²) in [6, 6.07) is 7.96. The van der Waals surface area contributed by atoms with E-state index >= 15 is 0 Å². The SMILES string of the molecule is CCCc1ccc(C(C)(CC(=O)O)C(C)N)cc1. The fourth-order valence-electron chi connectivity index (χ4n) is 2.18. The van der Waals surface area contributed by atoms with Crippen molar-refractivity contribution < 1.29 is 9.90 Å². The van der Waals surface area contributed by atoms with Crippen LogP contribution in [0.25, 0.3) is 0 Å². The van der Waals surface area contributed by atoms with Crippen LogP contribution in [0, 0.1) is 0 Å². The summed E-state index contributed by atoms with van der Waals surface area (Å²) in [6.45, 7) is 5.92. The number of nitrogens with two attached hydrogens (primary N) is 1. The Morgan fingerprint density at radius 2 is 1.94 bits per heavy atom. The second kappa shape index (κ2) is 6.01. The van der Waals surface area contributed by atoms with Gasteiger partial charge in [0.1, 0.15) is 0 Å². The van der Waals surface area contributed by atoms with Crippen LogP contribution >= 0.6 is 0 Å². The van der Waals surface area contributed by atoms with Crippen molar-refractivity contribution in [3.05, 3.63) is 35.4 Å². The van der Waals surface area contributed by atoms with Crippen LogP contribution in [0.15, 0.2) is 24.3 Å². The molecule has 0 saturated heterocycles. The Morgan fingerprint density at radius 1 is 1.39 bits per heavy atom. The monoisotopic (exact) mass is 249 g/mol. The molecule has 1 aromatic carbocycles. The van der Waals surface area contributed by atoms with Crippen molar-refractivity contribution in [2.45, 2.75) is 51.5 Å². The first kappa shape index (κ1) is 14.7. The van der Waals surface area contributed by atoms with Gasteiger partial charge in [0.05, 0.1) is 6.42 Å². The molecule has 0 bridgehead atoms. The second-order valence-electron chi connectivity index (χ2n) is 5.22. The topological polar surface area (TPSA) is 63.3 Å². The molecule has 100 valence electrons. The zero-order valence-electron chi connectivity index (χ0n) is 11.4. The molecule has 0 amide bonds. The lowest BCUT2D eigenvalue weighted by molar-refractivity contribution is -0.138. The molecule has 0 radical (unpaired) electrons. The minimum Gasteiger partial charge on any atom is -0.481 e. The van der Waals surface area contributed by atoms with Gasteiger partial charge in [0.25, 0.3) is 0 Å². The van der Waals surface area contributed by atoms with E-state index in [2.05, 4.69) is 19.1 Å². The van der Waals surface area contributed by atoms with Gasteiger partial charge < -0.3 is 10.8 Å². The molecule has 0 aliphatic heterocycles. The molecule has 2 unspecified atom stereocenters. The summed E-state index contributed by atoms with van der Waals surface area (Å²) in [4.78, 5) is 11.0. The second-order valence-corrected chi connectivity index (χ2v) is 5.22. The number of rotatable bonds is 6. The Balaban J connectivity index is 3.02. The molecule has 3 N–H and O–H groups in total. The van der Waals surface area contributed by atoms with Crippen LogP contribution in [0.1, 0.15) is 44.7 Å². The molecule has 0 fully saturated rings. The van der Waals surface area contributed by atoms with Gasteiger partial charge in [-0.2, -0.15) is 0 Å². The number of aliphatic carboxylic acids is 1. The van der Waals surface area contributed by atoms with Gasteiger partial charge in [-0.3, -0.25) is 4.79 Å². The number of carbonyl (C=O) groups is 1. The highest BCUT2D eigenvalue weighted by Gasteiger charge is 2.33. The van der Waals surface area contributed by atoms with Crippen molar-refractivity contribution in [3.8, 4) is 0 Å². The van der Waals surface area contributed by atoms with E-state index < -0.39 is 11.4 Å². The lowest BCUT2D eigenvalue weighted by atomic mass is 9.74. The van der Waals surface area contributed by atoms with Crippen molar-refractivity contribution in [1.29, 1.82) is 0 Å². The predicted molar refractivity (Wildman–Crippen MR) is 73.7 cm³/mol. The quantitative estimate of drug-likeness (QED) is 0.814. The summed E-state index contributed by atoms with van der Waals surface area (Å²) in [5, 5.41) is 9.04. The third-order valence-corrected chi connectivity index (χ3v) is 3.68. The molecule has 18 heavy (non-hydrogen) atoms.